The first-order valence-corrected chi connectivity index (χ1v) is 7.31. The summed E-state index contributed by atoms with van der Waals surface area (Å²) >= 11 is 0. The van der Waals surface area contributed by atoms with E-state index in [0.717, 1.165) is 24.8 Å². The molecule has 0 spiro atoms. The van der Waals surface area contributed by atoms with Gasteiger partial charge >= 0.3 is 0 Å². The molecular formula is C16H25FN2O. The number of benzene rings is 1. The van der Waals surface area contributed by atoms with Gasteiger partial charge in [0, 0.05) is 6.42 Å². The third-order valence-electron chi connectivity index (χ3n) is 3.66. The van der Waals surface area contributed by atoms with Gasteiger partial charge in [-0.15, -0.1) is 0 Å². The Morgan fingerprint density at radius 1 is 1.40 bits per heavy atom. The van der Waals surface area contributed by atoms with E-state index in [9.17, 15) is 9.18 Å². The number of nitrogens with two attached hydrogens (primary N) is 1. The second-order valence-corrected chi connectivity index (χ2v) is 5.23. The van der Waals surface area contributed by atoms with Gasteiger partial charge in [-0.05, 0) is 49.9 Å². The Bertz CT molecular complexity index is 423. The van der Waals surface area contributed by atoms with Crippen molar-refractivity contribution in [2.45, 2.75) is 45.6 Å². The van der Waals surface area contributed by atoms with Crippen LogP contribution in [0.15, 0.2) is 24.3 Å². The van der Waals surface area contributed by atoms with Crippen molar-refractivity contribution >= 4 is 5.91 Å². The van der Waals surface area contributed by atoms with E-state index in [0.29, 0.717) is 18.9 Å². The summed E-state index contributed by atoms with van der Waals surface area (Å²) in [5.74, 6) is 0.241. The second-order valence-electron chi connectivity index (χ2n) is 5.23. The molecule has 0 aliphatic rings. The van der Waals surface area contributed by atoms with Gasteiger partial charge in [-0.2, -0.15) is 0 Å². The molecule has 112 valence electrons. The van der Waals surface area contributed by atoms with Gasteiger partial charge in [0.25, 0.3) is 0 Å². The Balaban J connectivity index is 2.42. The lowest BCUT2D eigenvalue weighted by atomic mass is 9.96. The van der Waals surface area contributed by atoms with Crippen molar-refractivity contribution in [1.82, 2.24) is 5.32 Å². The predicted octanol–water partition coefficient (Wildman–Crippen LogP) is 3.16. The molecule has 1 aromatic rings. The molecular weight excluding hydrogens is 255 g/mol. The van der Waals surface area contributed by atoms with Crippen LogP contribution in [-0.4, -0.2) is 12.5 Å². The molecule has 1 aromatic carbocycles. The van der Waals surface area contributed by atoms with Crippen LogP contribution in [0, 0.1) is 11.7 Å². The zero-order valence-corrected chi connectivity index (χ0v) is 12.4. The quantitative estimate of drug-likeness (QED) is 0.768. The van der Waals surface area contributed by atoms with E-state index in [4.69, 9.17) is 5.73 Å². The smallest absolute Gasteiger partial charge is 0.220 e. The number of halogens is 1. The largest absolute Gasteiger partial charge is 0.350 e. The first-order valence-electron chi connectivity index (χ1n) is 7.31. The maximum Gasteiger partial charge on any atom is 0.220 e. The van der Waals surface area contributed by atoms with Crippen molar-refractivity contribution in [1.29, 1.82) is 0 Å². The Morgan fingerprint density at radius 2 is 2.15 bits per heavy atom. The molecule has 0 saturated heterocycles. The first-order chi connectivity index (χ1) is 9.56. The molecule has 3 nitrogen and oxygen atoms in total. The molecule has 3 N–H and O–H groups in total. The summed E-state index contributed by atoms with van der Waals surface area (Å²) in [6.45, 7) is 4.65. The first kappa shape index (κ1) is 16.6. The van der Waals surface area contributed by atoms with Gasteiger partial charge in [0.2, 0.25) is 5.91 Å². The highest BCUT2D eigenvalue weighted by Gasteiger charge is 2.12. The molecule has 0 saturated carbocycles. The summed E-state index contributed by atoms with van der Waals surface area (Å²) in [6, 6.07) is 6.15. The van der Waals surface area contributed by atoms with Crippen LogP contribution in [0.3, 0.4) is 0 Å². The van der Waals surface area contributed by atoms with Gasteiger partial charge in [0.1, 0.15) is 5.82 Å². The number of amides is 1. The van der Waals surface area contributed by atoms with E-state index in [-0.39, 0.29) is 17.8 Å². The van der Waals surface area contributed by atoms with E-state index in [1.54, 1.807) is 6.07 Å². The van der Waals surface area contributed by atoms with Crippen LogP contribution in [-0.2, 0) is 4.79 Å². The summed E-state index contributed by atoms with van der Waals surface area (Å²) in [5, 5.41) is 2.91. The molecule has 0 aliphatic heterocycles. The Kier molecular flexibility index (Phi) is 7.23. The summed E-state index contributed by atoms with van der Waals surface area (Å²) in [5.41, 5.74) is 6.33. The lowest BCUT2D eigenvalue weighted by Crippen LogP contribution is -2.27. The molecule has 0 radical (unpaired) electrons. The zero-order chi connectivity index (χ0) is 15.0. The lowest BCUT2D eigenvalue weighted by Gasteiger charge is -2.16. The normalized spacial score (nSPS) is 13.8. The van der Waals surface area contributed by atoms with Crippen molar-refractivity contribution in [3.63, 3.8) is 0 Å². The monoisotopic (exact) mass is 280 g/mol. The number of nitrogens with one attached hydrogen (secondary N) is 1. The fourth-order valence-corrected chi connectivity index (χ4v) is 2.30. The van der Waals surface area contributed by atoms with Gasteiger partial charge in [0.05, 0.1) is 6.04 Å². The van der Waals surface area contributed by atoms with Crippen LogP contribution in [0.2, 0.25) is 0 Å². The van der Waals surface area contributed by atoms with Crippen LogP contribution < -0.4 is 11.1 Å². The number of rotatable bonds is 8. The van der Waals surface area contributed by atoms with Crippen molar-refractivity contribution in [3.05, 3.63) is 35.6 Å². The maximum absolute atomic E-state index is 13.1. The SMILES string of the molecule is CCC(CCN)CCC(=O)N[C@@H](C)c1cccc(F)c1. The summed E-state index contributed by atoms with van der Waals surface area (Å²) in [4.78, 5) is 11.9. The third-order valence-corrected chi connectivity index (χ3v) is 3.66. The summed E-state index contributed by atoms with van der Waals surface area (Å²) in [6.07, 6.45) is 3.36. The number of carbonyl (C=O) groups is 1. The van der Waals surface area contributed by atoms with Crippen molar-refractivity contribution in [3.8, 4) is 0 Å². The number of hydrogen-bond donors (Lipinski definition) is 2. The molecule has 1 amide bonds. The minimum Gasteiger partial charge on any atom is -0.350 e. The van der Waals surface area contributed by atoms with Crippen LogP contribution in [0.4, 0.5) is 4.39 Å². The average molecular weight is 280 g/mol. The maximum atomic E-state index is 13.1. The lowest BCUT2D eigenvalue weighted by molar-refractivity contribution is -0.122. The molecule has 2 atom stereocenters. The van der Waals surface area contributed by atoms with E-state index in [2.05, 4.69) is 12.2 Å². The predicted molar refractivity (Wildman–Crippen MR) is 79.6 cm³/mol. The van der Waals surface area contributed by atoms with E-state index < -0.39 is 0 Å². The van der Waals surface area contributed by atoms with Gasteiger partial charge in [-0.25, -0.2) is 4.39 Å². The van der Waals surface area contributed by atoms with E-state index >= 15 is 0 Å². The third kappa shape index (κ3) is 5.70. The highest BCUT2D eigenvalue weighted by molar-refractivity contribution is 5.76. The molecule has 1 rings (SSSR count). The van der Waals surface area contributed by atoms with E-state index in [1.807, 2.05) is 13.0 Å². The van der Waals surface area contributed by atoms with Crippen LogP contribution >= 0.6 is 0 Å². The fraction of sp³-hybridized carbons (Fsp3) is 0.562. The Hall–Kier alpha value is -1.42. The second kappa shape index (κ2) is 8.69. The highest BCUT2D eigenvalue weighted by atomic mass is 19.1. The number of hydrogen-bond acceptors (Lipinski definition) is 2. The average Bonchev–Trinajstić information content (AvgIpc) is 2.43. The van der Waals surface area contributed by atoms with Crippen LogP contribution in [0.25, 0.3) is 0 Å². The molecule has 0 fully saturated rings. The van der Waals surface area contributed by atoms with Crippen molar-refractivity contribution < 1.29 is 9.18 Å². The topological polar surface area (TPSA) is 55.1 Å². The molecule has 1 unspecified atom stereocenters. The highest BCUT2D eigenvalue weighted by Crippen LogP contribution is 2.16. The Morgan fingerprint density at radius 3 is 2.75 bits per heavy atom. The summed E-state index contributed by atoms with van der Waals surface area (Å²) < 4.78 is 13.1. The van der Waals surface area contributed by atoms with Gasteiger partial charge in [-0.1, -0.05) is 25.5 Å². The minimum atomic E-state index is -0.280. The standard InChI is InChI=1S/C16H25FN2O/c1-3-13(9-10-18)7-8-16(20)19-12(2)14-5-4-6-15(17)11-14/h4-6,11-13H,3,7-10,18H2,1-2H3,(H,19,20)/t12-,13?/m0/s1. The van der Waals surface area contributed by atoms with Crippen LogP contribution in [0.5, 0.6) is 0 Å². The van der Waals surface area contributed by atoms with Crippen molar-refractivity contribution in [2.75, 3.05) is 6.54 Å². The van der Waals surface area contributed by atoms with Crippen LogP contribution in [0.1, 0.15) is 51.1 Å². The zero-order valence-electron chi connectivity index (χ0n) is 12.4. The number of carbonyl (C=O) groups excluding carboxylic acids is 1. The molecule has 0 heterocycles. The van der Waals surface area contributed by atoms with Gasteiger partial charge in [0.15, 0.2) is 0 Å². The fourth-order valence-electron chi connectivity index (χ4n) is 2.30. The molecule has 0 aliphatic carbocycles. The molecule has 4 heteroatoms. The molecule has 0 bridgehead atoms. The van der Waals surface area contributed by atoms with E-state index in [1.165, 1.54) is 12.1 Å². The van der Waals surface area contributed by atoms with Gasteiger partial charge in [-0.3, -0.25) is 4.79 Å². The van der Waals surface area contributed by atoms with Gasteiger partial charge < -0.3 is 11.1 Å². The Labute approximate surface area is 120 Å². The summed E-state index contributed by atoms with van der Waals surface area (Å²) in [7, 11) is 0. The molecule has 0 aromatic heterocycles. The molecule has 20 heavy (non-hydrogen) atoms. The minimum absolute atomic E-state index is 0.0113. The van der Waals surface area contributed by atoms with Crippen molar-refractivity contribution in [2.24, 2.45) is 11.7 Å².